The van der Waals surface area contributed by atoms with Crippen LogP contribution in [0.5, 0.6) is 5.75 Å². The average Bonchev–Trinajstić information content (AvgIpc) is 2.56. The molecule has 1 aromatic rings. The Morgan fingerprint density at radius 3 is 2.36 bits per heavy atom. The number of rotatable bonds is 3. The van der Waals surface area contributed by atoms with Crippen molar-refractivity contribution in [2.75, 3.05) is 46.1 Å². The summed E-state index contributed by atoms with van der Waals surface area (Å²) in [5, 5.41) is 0. The number of nitrogens with zero attached hydrogens (tertiary/aromatic N) is 2. The van der Waals surface area contributed by atoms with Gasteiger partial charge in [-0.15, -0.1) is 0 Å². The molecule has 3 rings (SSSR count). The van der Waals surface area contributed by atoms with E-state index in [9.17, 15) is 0 Å². The molecule has 4 heteroatoms. The van der Waals surface area contributed by atoms with Crippen molar-refractivity contribution in [1.82, 2.24) is 9.80 Å². The summed E-state index contributed by atoms with van der Waals surface area (Å²) >= 11 is 0. The van der Waals surface area contributed by atoms with Crippen molar-refractivity contribution in [3.8, 4) is 5.75 Å². The first-order chi connectivity index (χ1) is 10.7. The zero-order valence-electron chi connectivity index (χ0n) is 13.9. The Kier molecular flexibility index (Phi) is 4.89. The molecule has 2 saturated heterocycles. The third kappa shape index (κ3) is 3.39. The van der Waals surface area contributed by atoms with Gasteiger partial charge in [-0.3, -0.25) is 0 Å². The zero-order valence-corrected chi connectivity index (χ0v) is 13.9. The number of hydrogen-bond donors (Lipinski definition) is 1. The standard InChI is InChI=1S/C18H29N3O/c1-20-9-7-16(8-10-20)21-11-5-14(6-12-21)17-4-3-15(19)13-18(17)22-2/h3-4,13-14,16H,5-12,19H2,1-2H3. The van der Waals surface area contributed by atoms with E-state index in [1.165, 1.54) is 57.4 Å². The topological polar surface area (TPSA) is 41.7 Å². The molecule has 0 radical (unpaired) electrons. The van der Waals surface area contributed by atoms with Gasteiger partial charge in [0, 0.05) is 17.8 Å². The summed E-state index contributed by atoms with van der Waals surface area (Å²) < 4.78 is 5.54. The maximum Gasteiger partial charge on any atom is 0.124 e. The maximum atomic E-state index is 5.87. The van der Waals surface area contributed by atoms with Crippen molar-refractivity contribution >= 4 is 5.69 Å². The van der Waals surface area contributed by atoms with Crippen molar-refractivity contribution in [2.45, 2.75) is 37.6 Å². The van der Waals surface area contributed by atoms with Crippen molar-refractivity contribution in [3.05, 3.63) is 23.8 Å². The van der Waals surface area contributed by atoms with Crippen molar-refractivity contribution in [1.29, 1.82) is 0 Å². The third-order valence-electron chi connectivity index (χ3n) is 5.43. The molecule has 0 spiro atoms. The van der Waals surface area contributed by atoms with Crippen LogP contribution in [0.2, 0.25) is 0 Å². The first kappa shape index (κ1) is 15.6. The SMILES string of the molecule is COc1cc(N)ccc1C1CCN(C2CCN(C)CC2)CC1. The van der Waals surface area contributed by atoms with Crippen LogP contribution < -0.4 is 10.5 Å². The van der Waals surface area contributed by atoms with Gasteiger partial charge in [0.05, 0.1) is 7.11 Å². The summed E-state index contributed by atoms with van der Waals surface area (Å²) in [5.74, 6) is 1.57. The summed E-state index contributed by atoms with van der Waals surface area (Å²) in [4.78, 5) is 5.16. The molecule has 0 amide bonds. The van der Waals surface area contributed by atoms with Crippen molar-refractivity contribution in [2.24, 2.45) is 0 Å². The molecule has 0 aliphatic carbocycles. The van der Waals surface area contributed by atoms with E-state index < -0.39 is 0 Å². The fourth-order valence-electron chi connectivity index (χ4n) is 4.00. The Hall–Kier alpha value is -1.26. The average molecular weight is 303 g/mol. The molecule has 2 aliphatic heterocycles. The Balaban J connectivity index is 1.60. The summed E-state index contributed by atoms with van der Waals surface area (Å²) in [6, 6.07) is 6.91. The van der Waals surface area contributed by atoms with Crippen LogP contribution in [0.25, 0.3) is 0 Å². The van der Waals surface area contributed by atoms with Gasteiger partial charge in [-0.05, 0) is 76.5 Å². The van der Waals surface area contributed by atoms with E-state index in [-0.39, 0.29) is 0 Å². The molecule has 22 heavy (non-hydrogen) atoms. The van der Waals surface area contributed by atoms with E-state index in [2.05, 4.69) is 22.9 Å². The number of ether oxygens (including phenoxy) is 1. The molecule has 2 aliphatic rings. The first-order valence-electron chi connectivity index (χ1n) is 8.53. The van der Waals surface area contributed by atoms with Crippen LogP contribution in [0.1, 0.15) is 37.2 Å². The highest BCUT2D eigenvalue weighted by molar-refractivity contribution is 5.49. The second-order valence-electron chi connectivity index (χ2n) is 6.85. The second-order valence-corrected chi connectivity index (χ2v) is 6.85. The van der Waals surface area contributed by atoms with Gasteiger partial charge in [0.2, 0.25) is 0 Å². The molecular weight excluding hydrogens is 274 g/mol. The number of benzene rings is 1. The number of hydrogen-bond acceptors (Lipinski definition) is 4. The van der Waals surface area contributed by atoms with Gasteiger partial charge in [0.1, 0.15) is 5.75 Å². The van der Waals surface area contributed by atoms with Crippen LogP contribution in [-0.4, -0.2) is 56.2 Å². The molecule has 0 saturated carbocycles. The minimum absolute atomic E-state index is 0.609. The van der Waals surface area contributed by atoms with Gasteiger partial charge in [-0.1, -0.05) is 6.07 Å². The Morgan fingerprint density at radius 1 is 1.05 bits per heavy atom. The Morgan fingerprint density at radius 2 is 1.73 bits per heavy atom. The van der Waals surface area contributed by atoms with Crippen LogP contribution in [0.15, 0.2) is 18.2 Å². The molecule has 0 bridgehead atoms. The summed E-state index contributed by atoms with van der Waals surface area (Å²) in [6.45, 7) is 4.92. The smallest absolute Gasteiger partial charge is 0.124 e. The monoisotopic (exact) mass is 303 g/mol. The van der Waals surface area contributed by atoms with Gasteiger partial charge in [-0.25, -0.2) is 0 Å². The first-order valence-corrected chi connectivity index (χ1v) is 8.53. The molecule has 122 valence electrons. The lowest BCUT2D eigenvalue weighted by atomic mass is 9.87. The van der Waals surface area contributed by atoms with Crippen LogP contribution >= 0.6 is 0 Å². The van der Waals surface area contributed by atoms with E-state index in [1.807, 2.05) is 12.1 Å². The molecule has 2 fully saturated rings. The lowest BCUT2D eigenvalue weighted by Gasteiger charge is -2.41. The molecular formula is C18H29N3O. The largest absolute Gasteiger partial charge is 0.496 e. The summed E-state index contributed by atoms with van der Waals surface area (Å²) in [5.41, 5.74) is 7.99. The third-order valence-corrected chi connectivity index (χ3v) is 5.43. The fraction of sp³-hybridized carbons (Fsp3) is 0.667. The van der Waals surface area contributed by atoms with Crippen molar-refractivity contribution < 1.29 is 4.74 Å². The van der Waals surface area contributed by atoms with E-state index >= 15 is 0 Å². The normalized spacial score (nSPS) is 22.8. The van der Waals surface area contributed by atoms with Gasteiger partial charge < -0.3 is 20.3 Å². The number of likely N-dealkylation sites (tertiary alicyclic amines) is 2. The minimum atomic E-state index is 0.609. The van der Waals surface area contributed by atoms with E-state index in [0.29, 0.717) is 5.92 Å². The number of nitrogens with two attached hydrogens (primary N) is 1. The van der Waals surface area contributed by atoms with E-state index in [1.54, 1.807) is 7.11 Å². The van der Waals surface area contributed by atoms with Crippen molar-refractivity contribution in [3.63, 3.8) is 0 Å². The molecule has 4 nitrogen and oxygen atoms in total. The minimum Gasteiger partial charge on any atom is -0.496 e. The van der Waals surface area contributed by atoms with E-state index in [0.717, 1.165) is 17.5 Å². The number of anilines is 1. The quantitative estimate of drug-likeness (QED) is 0.871. The highest BCUT2D eigenvalue weighted by Crippen LogP contribution is 2.36. The summed E-state index contributed by atoms with van der Waals surface area (Å²) in [7, 11) is 3.97. The number of methoxy groups -OCH3 is 1. The number of piperidine rings is 2. The molecule has 0 atom stereocenters. The maximum absolute atomic E-state index is 5.87. The molecule has 0 unspecified atom stereocenters. The fourth-order valence-corrected chi connectivity index (χ4v) is 4.00. The molecule has 1 aromatic carbocycles. The predicted octanol–water partition coefficient (Wildman–Crippen LogP) is 2.55. The van der Waals surface area contributed by atoms with Crippen LogP contribution in [0.4, 0.5) is 5.69 Å². The number of nitrogen functional groups attached to an aromatic ring is 1. The highest BCUT2D eigenvalue weighted by atomic mass is 16.5. The van der Waals surface area contributed by atoms with Crippen LogP contribution in [0.3, 0.4) is 0 Å². The summed E-state index contributed by atoms with van der Waals surface area (Å²) in [6.07, 6.45) is 5.11. The lowest BCUT2D eigenvalue weighted by molar-refractivity contribution is 0.0963. The zero-order chi connectivity index (χ0) is 15.5. The van der Waals surface area contributed by atoms with Crippen LogP contribution in [0, 0.1) is 0 Å². The van der Waals surface area contributed by atoms with Gasteiger partial charge in [0.15, 0.2) is 0 Å². The highest BCUT2D eigenvalue weighted by Gasteiger charge is 2.28. The lowest BCUT2D eigenvalue weighted by Crippen LogP contribution is -2.46. The molecule has 2 N–H and O–H groups in total. The van der Waals surface area contributed by atoms with Gasteiger partial charge >= 0.3 is 0 Å². The Bertz CT molecular complexity index is 489. The Labute approximate surface area is 134 Å². The molecule has 0 aromatic heterocycles. The van der Waals surface area contributed by atoms with Gasteiger partial charge in [0.25, 0.3) is 0 Å². The van der Waals surface area contributed by atoms with Gasteiger partial charge in [-0.2, -0.15) is 0 Å². The van der Waals surface area contributed by atoms with E-state index in [4.69, 9.17) is 10.5 Å². The molecule has 2 heterocycles. The van der Waals surface area contributed by atoms with Crippen LogP contribution in [-0.2, 0) is 0 Å². The predicted molar refractivity (Wildman–Crippen MR) is 91.5 cm³/mol. The second kappa shape index (κ2) is 6.88.